The van der Waals surface area contributed by atoms with Crippen LogP contribution in [-0.2, 0) is 4.79 Å². The number of fused-ring (bicyclic) bond motifs is 2. The van der Waals surface area contributed by atoms with E-state index in [4.69, 9.17) is 9.84 Å². The molecule has 1 heterocycles. The molecule has 0 saturated heterocycles. The van der Waals surface area contributed by atoms with Gasteiger partial charge in [-0.15, -0.1) is 0 Å². The van der Waals surface area contributed by atoms with E-state index in [2.05, 4.69) is 22.5 Å². The highest BCUT2D eigenvalue weighted by Gasteiger charge is 2.19. The third-order valence-electron chi connectivity index (χ3n) is 2.90. The van der Waals surface area contributed by atoms with Gasteiger partial charge in [-0.3, -0.25) is 0 Å². The molecule has 5 heteroatoms. The topological polar surface area (TPSA) is 46.5 Å². The summed E-state index contributed by atoms with van der Waals surface area (Å²) >= 11 is 4.98. The smallest absolute Gasteiger partial charge is 0.335 e. The van der Waals surface area contributed by atoms with E-state index >= 15 is 0 Å². The van der Waals surface area contributed by atoms with Gasteiger partial charge in [-0.25, -0.2) is 4.79 Å². The van der Waals surface area contributed by atoms with Crippen molar-refractivity contribution in [3.05, 3.63) is 53.0 Å². The molecule has 0 radical (unpaired) electrons. The van der Waals surface area contributed by atoms with Gasteiger partial charge in [0.25, 0.3) is 0 Å². The first kappa shape index (κ1) is 13.3. The van der Waals surface area contributed by atoms with Gasteiger partial charge in [0.05, 0.1) is 15.4 Å². The minimum atomic E-state index is -1.02. The number of halogens is 1. The van der Waals surface area contributed by atoms with E-state index in [-0.39, 0.29) is 5.57 Å². The molecule has 100 valence electrons. The first-order valence-electron chi connectivity index (χ1n) is 5.76. The SMILES string of the molecule is C=C(C(=O)O)c1ccc2c(c1)Sc1cc(Br)ccc1O2. The normalized spacial score (nSPS) is 12.1. The zero-order valence-electron chi connectivity index (χ0n) is 10.2. The molecule has 0 aliphatic carbocycles. The Morgan fingerprint density at radius 1 is 1.15 bits per heavy atom. The molecule has 3 rings (SSSR count). The van der Waals surface area contributed by atoms with Crippen LogP contribution in [0.15, 0.2) is 57.2 Å². The van der Waals surface area contributed by atoms with Crippen LogP contribution in [0.2, 0.25) is 0 Å². The van der Waals surface area contributed by atoms with E-state index in [1.54, 1.807) is 30.0 Å². The molecule has 1 aliphatic rings. The monoisotopic (exact) mass is 348 g/mol. The molecule has 0 bridgehead atoms. The number of hydrogen-bond donors (Lipinski definition) is 1. The lowest BCUT2D eigenvalue weighted by Crippen LogP contribution is -2.00. The molecule has 20 heavy (non-hydrogen) atoms. The molecule has 2 aromatic carbocycles. The van der Waals surface area contributed by atoms with Crippen molar-refractivity contribution in [1.29, 1.82) is 0 Å². The number of carboxylic acid groups (broad SMARTS) is 1. The molecule has 0 unspecified atom stereocenters. The fourth-order valence-corrected chi connectivity index (χ4v) is 3.41. The fourth-order valence-electron chi connectivity index (χ4n) is 1.87. The van der Waals surface area contributed by atoms with Crippen molar-refractivity contribution in [3.8, 4) is 11.5 Å². The Kier molecular flexibility index (Phi) is 3.31. The Balaban J connectivity index is 2.01. The maximum absolute atomic E-state index is 11.0. The van der Waals surface area contributed by atoms with Crippen molar-refractivity contribution < 1.29 is 14.6 Å². The van der Waals surface area contributed by atoms with Crippen LogP contribution >= 0.6 is 27.7 Å². The first-order chi connectivity index (χ1) is 9.54. The Morgan fingerprint density at radius 3 is 2.50 bits per heavy atom. The minimum Gasteiger partial charge on any atom is -0.478 e. The van der Waals surface area contributed by atoms with Crippen LogP contribution in [0.5, 0.6) is 11.5 Å². The standard InChI is InChI=1S/C15H9BrO3S/c1-8(15(17)18)9-2-4-11-13(6-9)20-14-7-10(16)3-5-12(14)19-11/h2-7H,1H2,(H,17,18). The lowest BCUT2D eigenvalue weighted by atomic mass is 10.1. The highest BCUT2D eigenvalue weighted by atomic mass is 79.9. The van der Waals surface area contributed by atoms with Gasteiger partial charge in [0.1, 0.15) is 11.5 Å². The van der Waals surface area contributed by atoms with E-state index in [0.717, 1.165) is 25.8 Å². The zero-order chi connectivity index (χ0) is 14.3. The number of hydrogen-bond acceptors (Lipinski definition) is 3. The molecule has 3 nitrogen and oxygen atoms in total. The molecule has 0 atom stereocenters. The van der Waals surface area contributed by atoms with Crippen LogP contribution in [0.1, 0.15) is 5.56 Å². The summed E-state index contributed by atoms with van der Waals surface area (Å²) < 4.78 is 6.78. The summed E-state index contributed by atoms with van der Waals surface area (Å²) in [5.74, 6) is 0.511. The molecule has 0 fully saturated rings. The van der Waals surface area contributed by atoms with Crippen LogP contribution in [0.4, 0.5) is 0 Å². The number of rotatable bonds is 2. The van der Waals surface area contributed by atoms with E-state index in [0.29, 0.717) is 5.56 Å². The van der Waals surface area contributed by atoms with Crippen molar-refractivity contribution >= 4 is 39.2 Å². The minimum absolute atomic E-state index is 0.0773. The van der Waals surface area contributed by atoms with E-state index in [1.165, 1.54) is 0 Å². The average Bonchev–Trinajstić information content (AvgIpc) is 2.43. The van der Waals surface area contributed by atoms with Crippen molar-refractivity contribution in [1.82, 2.24) is 0 Å². The summed E-state index contributed by atoms with van der Waals surface area (Å²) in [6.45, 7) is 3.57. The van der Waals surface area contributed by atoms with Gasteiger partial charge in [0, 0.05) is 4.47 Å². The molecular weight excluding hydrogens is 340 g/mol. The van der Waals surface area contributed by atoms with Crippen LogP contribution in [0.3, 0.4) is 0 Å². The first-order valence-corrected chi connectivity index (χ1v) is 7.37. The van der Waals surface area contributed by atoms with Crippen molar-refractivity contribution in [2.75, 3.05) is 0 Å². The second-order valence-corrected chi connectivity index (χ2v) is 6.24. The maximum Gasteiger partial charge on any atom is 0.335 e. The van der Waals surface area contributed by atoms with Crippen LogP contribution < -0.4 is 4.74 Å². The Bertz CT molecular complexity index is 740. The lowest BCUT2D eigenvalue weighted by molar-refractivity contribution is -0.130. The Morgan fingerprint density at radius 2 is 1.80 bits per heavy atom. The predicted octanol–water partition coefficient (Wildman–Crippen LogP) is 4.80. The van der Waals surface area contributed by atoms with Gasteiger partial charge in [-0.05, 0) is 35.9 Å². The molecule has 2 aromatic rings. The van der Waals surface area contributed by atoms with Crippen LogP contribution in [-0.4, -0.2) is 11.1 Å². The molecule has 0 saturated carbocycles. The Hall–Kier alpha value is -1.72. The number of carbonyl (C=O) groups is 1. The molecule has 1 aliphatic heterocycles. The maximum atomic E-state index is 11.0. The largest absolute Gasteiger partial charge is 0.478 e. The van der Waals surface area contributed by atoms with Crippen molar-refractivity contribution in [2.24, 2.45) is 0 Å². The quantitative estimate of drug-likeness (QED) is 0.675. The zero-order valence-corrected chi connectivity index (χ0v) is 12.6. The van der Waals surface area contributed by atoms with Gasteiger partial charge in [0.2, 0.25) is 0 Å². The van der Waals surface area contributed by atoms with E-state index < -0.39 is 5.97 Å². The highest BCUT2D eigenvalue weighted by molar-refractivity contribution is 9.10. The van der Waals surface area contributed by atoms with Gasteiger partial charge < -0.3 is 9.84 Å². The summed E-state index contributed by atoms with van der Waals surface area (Å²) in [6.07, 6.45) is 0. The van der Waals surface area contributed by atoms with Gasteiger partial charge >= 0.3 is 5.97 Å². The summed E-state index contributed by atoms with van der Waals surface area (Å²) in [7, 11) is 0. The predicted molar refractivity (Wildman–Crippen MR) is 81.5 cm³/mol. The van der Waals surface area contributed by atoms with Gasteiger partial charge in [-0.2, -0.15) is 0 Å². The average molecular weight is 349 g/mol. The third-order valence-corrected chi connectivity index (χ3v) is 4.47. The summed E-state index contributed by atoms with van der Waals surface area (Å²) in [4.78, 5) is 12.8. The second kappa shape index (κ2) is 5.00. The van der Waals surface area contributed by atoms with Gasteiger partial charge in [0.15, 0.2) is 0 Å². The molecular formula is C15H9BrO3S. The van der Waals surface area contributed by atoms with E-state index in [9.17, 15) is 4.79 Å². The number of aliphatic carboxylic acids is 1. The van der Waals surface area contributed by atoms with Crippen LogP contribution in [0.25, 0.3) is 5.57 Å². The number of benzene rings is 2. The second-order valence-electron chi connectivity index (χ2n) is 4.24. The fraction of sp³-hybridized carbons (Fsp3) is 0. The Labute approximate surface area is 128 Å². The van der Waals surface area contributed by atoms with Gasteiger partial charge in [-0.1, -0.05) is 40.3 Å². The van der Waals surface area contributed by atoms with Crippen molar-refractivity contribution in [2.45, 2.75) is 9.79 Å². The molecule has 0 aromatic heterocycles. The summed E-state index contributed by atoms with van der Waals surface area (Å²) in [5, 5.41) is 8.99. The van der Waals surface area contributed by atoms with E-state index in [1.807, 2.05) is 18.2 Å². The van der Waals surface area contributed by atoms with Crippen LogP contribution in [0, 0.1) is 0 Å². The lowest BCUT2D eigenvalue weighted by Gasteiger charge is -2.20. The molecule has 1 N–H and O–H groups in total. The number of carboxylic acids is 1. The number of ether oxygens (including phenoxy) is 1. The summed E-state index contributed by atoms with van der Waals surface area (Å²) in [6, 6.07) is 11.1. The third kappa shape index (κ3) is 2.34. The van der Waals surface area contributed by atoms with Crippen molar-refractivity contribution in [3.63, 3.8) is 0 Å². The highest BCUT2D eigenvalue weighted by Crippen LogP contribution is 2.48. The molecule has 0 amide bonds. The summed E-state index contributed by atoms with van der Waals surface area (Å²) in [5.41, 5.74) is 0.666. The molecule has 0 spiro atoms.